The highest BCUT2D eigenvalue weighted by atomic mass is 16.5. The van der Waals surface area contributed by atoms with Crippen molar-refractivity contribution in [3.63, 3.8) is 0 Å². The monoisotopic (exact) mass is 790 g/mol. The summed E-state index contributed by atoms with van der Waals surface area (Å²) in [5.74, 6) is -0.512. The van der Waals surface area contributed by atoms with Crippen molar-refractivity contribution in [3.05, 3.63) is 24.3 Å². The fourth-order valence-corrected chi connectivity index (χ4v) is 7.54. The lowest BCUT2D eigenvalue weighted by Crippen LogP contribution is -2.46. The number of allylic oxidation sites excluding steroid dienone is 4. The molecule has 0 radical (unpaired) electrons. The molecule has 0 rings (SSSR count). The molecule has 1 amide bonds. The van der Waals surface area contributed by atoms with E-state index in [1.54, 1.807) is 0 Å². The minimum absolute atomic E-state index is 0.0495. The molecule has 0 bridgehead atoms. The van der Waals surface area contributed by atoms with Crippen molar-refractivity contribution in [2.45, 2.75) is 277 Å². The number of carbonyl (C=O) groups is 2. The lowest BCUT2D eigenvalue weighted by Gasteiger charge is -2.24. The zero-order valence-electron chi connectivity index (χ0n) is 37.5. The predicted molar refractivity (Wildman–Crippen MR) is 241 cm³/mol. The van der Waals surface area contributed by atoms with E-state index in [9.17, 15) is 19.8 Å². The summed E-state index contributed by atoms with van der Waals surface area (Å²) in [6.07, 6.45) is 49.5. The van der Waals surface area contributed by atoms with Crippen molar-refractivity contribution in [2.75, 3.05) is 6.61 Å². The van der Waals surface area contributed by atoms with E-state index in [0.29, 0.717) is 19.3 Å². The molecule has 0 aliphatic carbocycles. The average Bonchev–Trinajstić information content (AvgIpc) is 3.19. The molecule has 0 spiro atoms. The zero-order chi connectivity index (χ0) is 41.0. The number of rotatable bonds is 44. The highest BCUT2D eigenvalue weighted by Gasteiger charge is 2.24. The molecule has 330 valence electrons. The number of aliphatic hydroxyl groups is 2. The Labute approximate surface area is 348 Å². The van der Waals surface area contributed by atoms with Crippen LogP contribution >= 0.6 is 0 Å². The zero-order valence-corrected chi connectivity index (χ0v) is 37.5. The lowest BCUT2D eigenvalue weighted by atomic mass is 10.0. The molecular weight excluding hydrogens is 695 g/mol. The first-order chi connectivity index (χ1) is 27.5. The molecule has 3 atom stereocenters. The fourth-order valence-electron chi connectivity index (χ4n) is 7.54. The molecule has 3 N–H and O–H groups in total. The van der Waals surface area contributed by atoms with E-state index in [4.69, 9.17) is 4.74 Å². The summed E-state index contributed by atoms with van der Waals surface area (Å²) in [5, 5.41) is 23.7. The summed E-state index contributed by atoms with van der Waals surface area (Å²) in [6.45, 7) is 6.46. The number of ether oxygens (including phenoxy) is 1. The molecule has 56 heavy (non-hydrogen) atoms. The van der Waals surface area contributed by atoms with Crippen LogP contribution in [0, 0.1) is 0 Å². The van der Waals surface area contributed by atoms with Gasteiger partial charge >= 0.3 is 5.97 Å². The first-order valence-electron chi connectivity index (χ1n) is 24.6. The summed E-state index contributed by atoms with van der Waals surface area (Å²) < 4.78 is 5.89. The number of unbranched alkanes of at least 4 members (excludes halogenated alkanes) is 29. The number of hydrogen-bond donors (Lipinski definition) is 3. The third kappa shape index (κ3) is 39.2. The molecular formula is C50H95NO5. The topological polar surface area (TPSA) is 95.9 Å². The van der Waals surface area contributed by atoms with Crippen molar-refractivity contribution in [1.29, 1.82) is 0 Å². The minimum Gasteiger partial charge on any atom is -0.462 e. The number of aliphatic hydroxyl groups excluding tert-OH is 2. The van der Waals surface area contributed by atoms with E-state index in [1.807, 2.05) is 0 Å². The van der Waals surface area contributed by atoms with Gasteiger partial charge < -0.3 is 20.3 Å². The smallest absolute Gasteiger partial charge is 0.306 e. The van der Waals surface area contributed by atoms with E-state index in [2.05, 4.69) is 50.4 Å². The Hall–Kier alpha value is -1.66. The maximum absolute atomic E-state index is 13.1. The van der Waals surface area contributed by atoms with Gasteiger partial charge in [-0.1, -0.05) is 225 Å². The van der Waals surface area contributed by atoms with Crippen LogP contribution in [0.25, 0.3) is 0 Å². The van der Waals surface area contributed by atoms with E-state index >= 15 is 0 Å². The molecule has 0 aromatic heterocycles. The van der Waals surface area contributed by atoms with Gasteiger partial charge in [-0.15, -0.1) is 0 Å². The van der Waals surface area contributed by atoms with Gasteiger partial charge in [0.25, 0.3) is 0 Å². The van der Waals surface area contributed by atoms with Gasteiger partial charge in [-0.3, -0.25) is 9.59 Å². The maximum atomic E-state index is 13.1. The van der Waals surface area contributed by atoms with Gasteiger partial charge in [-0.2, -0.15) is 0 Å². The van der Waals surface area contributed by atoms with Crippen molar-refractivity contribution in [1.82, 2.24) is 5.32 Å². The Kier molecular flexibility index (Phi) is 43.1. The number of hydrogen-bond acceptors (Lipinski definition) is 5. The molecule has 0 aromatic carbocycles. The molecule has 6 nitrogen and oxygen atoms in total. The highest BCUT2D eigenvalue weighted by molar-refractivity contribution is 5.77. The summed E-state index contributed by atoms with van der Waals surface area (Å²) in [7, 11) is 0. The van der Waals surface area contributed by atoms with Gasteiger partial charge in [0, 0.05) is 6.42 Å². The second-order valence-corrected chi connectivity index (χ2v) is 16.9. The second kappa shape index (κ2) is 44.4. The Balaban J connectivity index is 4.63. The van der Waals surface area contributed by atoms with Gasteiger partial charge in [0.2, 0.25) is 5.91 Å². The average molecular weight is 790 g/mol. The Morgan fingerprint density at radius 1 is 0.518 bits per heavy atom. The Morgan fingerprint density at radius 3 is 1.36 bits per heavy atom. The molecule has 6 heteroatoms. The quantitative estimate of drug-likeness (QED) is 0.0324. The SMILES string of the molecule is CCCCCCCCC/C=C/C=C/CCCC(CC(=O)NC(CO)C(O)CCCCCCCCCCCCCC)OC(=O)CCCCCCCCCCCCC. The van der Waals surface area contributed by atoms with Crippen LogP contribution in [0.4, 0.5) is 0 Å². The van der Waals surface area contributed by atoms with E-state index in [0.717, 1.165) is 57.8 Å². The molecule has 0 aromatic rings. The van der Waals surface area contributed by atoms with Crippen molar-refractivity contribution < 1.29 is 24.5 Å². The standard InChI is InChI=1S/C50H95NO5/c1-4-7-10-13-16-19-22-24-25-27-29-32-35-38-41-46(56-50(55)43-40-37-34-31-26-21-18-15-12-9-6-3)44-49(54)51-47(45-52)48(53)42-39-36-33-30-28-23-20-17-14-11-8-5-2/h25,27,29,32,46-48,52-53H,4-24,26,28,30-31,33-45H2,1-3H3,(H,51,54)/b27-25+,32-29+. The molecule has 0 aliphatic rings. The summed E-state index contributed by atoms with van der Waals surface area (Å²) in [5.41, 5.74) is 0. The van der Waals surface area contributed by atoms with Gasteiger partial charge in [0.15, 0.2) is 0 Å². The fraction of sp³-hybridized carbons (Fsp3) is 0.880. The number of carbonyl (C=O) groups excluding carboxylic acids is 2. The summed E-state index contributed by atoms with van der Waals surface area (Å²) in [4.78, 5) is 26.0. The van der Waals surface area contributed by atoms with E-state index in [1.165, 1.54) is 154 Å². The van der Waals surface area contributed by atoms with E-state index < -0.39 is 18.2 Å². The van der Waals surface area contributed by atoms with Crippen LogP contribution in [-0.2, 0) is 14.3 Å². The minimum atomic E-state index is -0.793. The predicted octanol–water partition coefficient (Wildman–Crippen LogP) is 14.3. The number of esters is 1. The molecule has 0 heterocycles. The van der Waals surface area contributed by atoms with Gasteiger partial charge in [-0.05, 0) is 44.9 Å². The number of nitrogens with one attached hydrogen (secondary N) is 1. The van der Waals surface area contributed by atoms with Gasteiger partial charge in [0.1, 0.15) is 6.10 Å². The molecule has 0 saturated carbocycles. The van der Waals surface area contributed by atoms with Crippen LogP contribution < -0.4 is 5.32 Å². The van der Waals surface area contributed by atoms with E-state index in [-0.39, 0.29) is 24.9 Å². The maximum Gasteiger partial charge on any atom is 0.306 e. The first-order valence-corrected chi connectivity index (χ1v) is 24.6. The number of amides is 1. The third-order valence-corrected chi connectivity index (χ3v) is 11.3. The summed E-state index contributed by atoms with van der Waals surface area (Å²) in [6, 6.07) is -0.710. The van der Waals surface area contributed by atoms with Crippen LogP contribution in [0.3, 0.4) is 0 Å². The van der Waals surface area contributed by atoms with Gasteiger partial charge in [0.05, 0.1) is 25.2 Å². The third-order valence-electron chi connectivity index (χ3n) is 11.3. The van der Waals surface area contributed by atoms with Crippen LogP contribution in [0.5, 0.6) is 0 Å². The van der Waals surface area contributed by atoms with Crippen LogP contribution in [0.15, 0.2) is 24.3 Å². The van der Waals surface area contributed by atoms with Crippen molar-refractivity contribution in [3.8, 4) is 0 Å². The summed E-state index contributed by atoms with van der Waals surface area (Å²) >= 11 is 0. The lowest BCUT2D eigenvalue weighted by molar-refractivity contribution is -0.151. The van der Waals surface area contributed by atoms with Gasteiger partial charge in [-0.25, -0.2) is 0 Å². The molecule has 0 aliphatic heterocycles. The molecule has 3 unspecified atom stereocenters. The largest absolute Gasteiger partial charge is 0.462 e. The van der Waals surface area contributed by atoms with Crippen LogP contribution in [-0.4, -0.2) is 46.9 Å². The van der Waals surface area contributed by atoms with Crippen LogP contribution in [0.2, 0.25) is 0 Å². The molecule has 0 saturated heterocycles. The van der Waals surface area contributed by atoms with Crippen molar-refractivity contribution >= 4 is 11.9 Å². The first kappa shape index (κ1) is 54.3. The Morgan fingerprint density at radius 2 is 0.911 bits per heavy atom. The normalized spacial score (nSPS) is 13.4. The second-order valence-electron chi connectivity index (χ2n) is 16.9. The molecule has 0 fully saturated rings. The van der Waals surface area contributed by atoms with Crippen LogP contribution in [0.1, 0.15) is 258 Å². The Bertz CT molecular complexity index is 889. The van der Waals surface area contributed by atoms with Crippen molar-refractivity contribution in [2.24, 2.45) is 0 Å². The highest BCUT2D eigenvalue weighted by Crippen LogP contribution is 2.17.